The second-order valence-corrected chi connectivity index (χ2v) is 5.69. The van der Waals surface area contributed by atoms with Crippen molar-refractivity contribution in [3.63, 3.8) is 0 Å². The topological polar surface area (TPSA) is 85.0 Å². The minimum atomic E-state index is -0.178. The van der Waals surface area contributed by atoms with Crippen molar-refractivity contribution >= 4 is 5.91 Å². The lowest BCUT2D eigenvalue weighted by molar-refractivity contribution is 0.0946. The minimum absolute atomic E-state index is 0.178. The number of carbonyl (C=O) groups excluding carboxylic acids is 1. The van der Waals surface area contributed by atoms with E-state index in [2.05, 4.69) is 20.8 Å². The summed E-state index contributed by atoms with van der Waals surface area (Å²) in [5, 5.41) is 10.1. The van der Waals surface area contributed by atoms with Gasteiger partial charge in [-0.15, -0.1) is 0 Å². The van der Waals surface area contributed by atoms with Gasteiger partial charge in [0.2, 0.25) is 0 Å². The Labute approximate surface area is 129 Å². The maximum atomic E-state index is 12.2. The van der Waals surface area contributed by atoms with Crippen molar-refractivity contribution < 1.29 is 9.32 Å². The number of nitrogens with zero attached hydrogens (tertiary/aromatic N) is 3. The molecule has 3 heterocycles. The molecule has 7 heteroatoms. The average Bonchev–Trinajstić information content (AvgIpc) is 3.14. The first-order valence-corrected chi connectivity index (χ1v) is 7.59. The SMILES string of the molecule is Cc1noc(C)c1CNC(=O)c1cn(C2CCCNC2)cn1. The Bertz CT molecular complexity index is 635. The first kappa shape index (κ1) is 14.8. The predicted molar refractivity (Wildman–Crippen MR) is 80.5 cm³/mol. The van der Waals surface area contributed by atoms with Crippen LogP contribution in [0.3, 0.4) is 0 Å². The number of imidazole rings is 1. The molecule has 0 bridgehead atoms. The molecule has 1 fully saturated rings. The van der Waals surface area contributed by atoms with Crippen LogP contribution in [0.25, 0.3) is 0 Å². The summed E-state index contributed by atoms with van der Waals surface area (Å²) in [6.45, 7) is 6.10. The smallest absolute Gasteiger partial charge is 0.271 e. The van der Waals surface area contributed by atoms with Gasteiger partial charge >= 0.3 is 0 Å². The van der Waals surface area contributed by atoms with E-state index in [4.69, 9.17) is 4.52 Å². The Hall–Kier alpha value is -2.15. The van der Waals surface area contributed by atoms with Crippen molar-refractivity contribution in [1.82, 2.24) is 25.3 Å². The second-order valence-electron chi connectivity index (χ2n) is 5.69. The fraction of sp³-hybridized carbons (Fsp3) is 0.533. The number of aryl methyl sites for hydroxylation is 2. The molecule has 1 unspecified atom stereocenters. The van der Waals surface area contributed by atoms with E-state index in [0.29, 0.717) is 18.3 Å². The maximum absolute atomic E-state index is 12.2. The van der Waals surface area contributed by atoms with Crippen LogP contribution in [0, 0.1) is 13.8 Å². The summed E-state index contributed by atoms with van der Waals surface area (Å²) in [5.74, 6) is 0.555. The zero-order valence-electron chi connectivity index (χ0n) is 12.9. The molecule has 3 rings (SSSR count). The quantitative estimate of drug-likeness (QED) is 0.890. The van der Waals surface area contributed by atoms with E-state index < -0.39 is 0 Å². The summed E-state index contributed by atoms with van der Waals surface area (Å²) in [6, 6.07) is 0.380. The van der Waals surface area contributed by atoms with Crippen molar-refractivity contribution in [2.24, 2.45) is 0 Å². The molecule has 1 aliphatic heterocycles. The van der Waals surface area contributed by atoms with Crippen LogP contribution < -0.4 is 10.6 Å². The van der Waals surface area contributed by atoms with Crippen LogP contribution in [0.15, 0.2) is 17.0 Å². The number of carbonyl (C=O) groups is 1. The number of aromatic nitrogens is 3. The lowest BCUT2D eigenvalue weighted by Gasteiger charge is -2.23. The highest BCUT2D eigenvalue weighted by atomic mass is 16.5. The van der Waals surface area contributed by atoms with Crippen LogP contribution in [0.5, 0.6) is 0 Å². The van der Waals surface area contributed by atoms with Crippen molar-refractivity contribution in [2.75, 3.05) is 13.1 Å². The van der Waals surface area contributed by atoms with Crippen molar-refractivity contribution in [3.05, 3.63) is 35.2 Å². The highest BCUT2D eigenvalue weighted by molar-refractivity contribution is 5.92. The Morgan fingerprint density at radius 1 is 1.55 bits per heavy atom. The molecule has 1 amide bonds. The lowest BCUT2D eigenvalue weighted by atomic mass is 10.1. The molecule has 2 aromatic rings. The zero-order valence-corrected chi connectivity index (χ0v) is 12.9. The van der Waals surface area contributed by atoms with Gasteiger partial charge in [0, 0.05) is 30.9 Å². The van der Waals surface area contributed by atoms with Gasteiger partial charge in [0.15, 0.2) is 0 Å². The van der Waals surface area contributed by atoms with Gasteiger partial charge < -0.3 is 19.7 Å². The molecule has 2 aromatic heterocycles. The van der Waals surface area contributed by atoms with Gasteiger partial charge in [-0.3, -0.25) is 4.79 Å². The molecule has 0 aromatic carbocycles. The molecule has 2 N–H and O–H groups in total. The number of amides is 1. The summed E-state index contributed by atoms with van der Waals surface area (Å²) in [7, 11) is 0. The number of rotatable bonds is 4. The van der Waals surface area contributed by atoms with Crippen LogP contribution in [-0.2, 0) is 6.54 Å². The normalized spacial score (nSPS) is 18.4. The molecule has 7 nitrogen and oxygen atoms in total. The van der Waals surface area contributed by atoms with Gasteiger partial charge in [-0.25, -0.2) is 4.98 Å². The molecule has 0 radical (unpaired) electrons. The second kappa shape index (κ2) is 6.31. The molecular weight excluding hydrogens is 282 g/mol. The van der Waals surface area contributed by atoms with E-state index in [9.17, 15) is 4.79 Å². The largest absolute Gasteiger partial charge is 0.361 e. The van der Waals surface area contributed by atoms with E-state index in [1.54, 1.807) is 6.33 Å². The first-order chi connectivity index (χ1) is 10.6. The molecule has 118 valence electrons. The Morgan fingerprint density at radius 3 is 3.09 bits per heavy atom. The molecular formula is C15H21N5O2. The Kier molecular flexibility index (Phi) is 4.24. The van der Waals surface area contributed by atoms with E-state index >= 15 is 0 Å². The molecule has 22 heavy (non-hydrogen) atoms. The predicted octanol–water partition coefficient (Wildman–Crippen LogP) is 1.34. The van der Waals surface area contributed by atoms with Gasteiger partial charge in [-0.1, -0.05) is 5.16 Å². The fourth-order valence-corrected chi connectivity index (χ4v) is 2.76. The highest BCUT2D eigenvalue weighted by Crippen LogP contribution is 2.17. The van der Waals surface area contributed by atoms with E-state index in [-0.39, 0.29) is 5.91 Å². The van der Waals surface area contributed by atoms with Crippen LogP contribution >= 0.6 is 0 Å². The van der Waals surface area contributed by atoms with Gasteiger partial charge in [0.25, 0.3) is 5.91 Å². The molecule has 1 aliphatic rings. The van der Waals surface area contributed by atoms with E-state index in [1.165, 1.54) is 0 Å². The summed E-state index contributed by atoms with van der Waals surface area (Å²) in [5.41, 5.74) is 2.17. The standard InChI is InChI=1S/C15H21N5O2/c1-10-13(11(2)22-19-10)7-17-15(21)14-8-20(9-18-14)12-4-3-5-16-6-12/h8-9,12,16H,3-7H2,1-2H3,(H,17,21). The number of piperidine rings is 1. The average molecular weight is 303 g/mol. The van der Waals surface area contributed by atoms with Crippen molar-refractivity contribution in [1.29, 1.82) is 0 Å². The van der Waals surface area contributed by atoms with Crippen LogP contribution in [-0.4, -0.2) is 33.7 Å². The van der Waals surface area contributed by atoms with Crippen LogP contribution in [0.4, 0.5) is 0 Å². The van der Waals surface area contributed by atoms with E-state index in [1.807, 2.05) is 24.6 Å². The number of nitrogens with one attached hydrogen (secondary N) is 2. The first-order valence-electron chi connectivity index (χ1n) is 7.59. The molecule has 0 saturated carbocycles. The fourth-order valence-electron chi connectivity index (χ4n) is 2.76. The highest BCUT2D eigenvalue weighted by Gasteiger charge is 2.18. The van der Waals surface area contributed by atoms with Crippen LogP contribution in [0.2, 0.25) is 0 Å². The lowest BCUT2D eigenvalue weighted by Crippen LogP contribution is -2.31. The molecule has 0 aliphatic carbocycles. The monoisotopic (exact) mass is 303 g/mol. The number of hydrogen-bond acceptors (Lipinski definition) is 5. The Morgan fingerprint density at radius 2 is 2.41 bits per heavy atom. The summed E-state index contributed by atoms with van der Waals surface area (Å²) in [4.78, 5) is 16.4. The molecule has 1 saturated heterocycles. The van der Waals surface area contributed by atoms with Gasteiger partial charge in [0.05, 0.1) is 12.0 Å². The zero-order chi connectivity index (χ0) is 15.5. The molecule has 0 spiro atoms. The van der Waals surface area contributed by atoms with Crippen molar-refractivity contribution in [2.45, 2.75) is 39.3 Å². The molecule has 1 atom stereocenters. The van der Waals surface area contributed by atoms with Gasteiger partial charge in [-0.05, 0) is 33.2 Å². The summed E-state index contributed by atoms with van der Waals surface area (Å²) in [6.07, 6.45) is 5.82. The summed E-state index contributed by atoms with van der Waals surface area (Å²) < 4.78 is 7.11. The van der Waals surface area contributed by atoms with E-state index in [0.717, 1.165) is 42.9 Å². The van der Waals surface area contributed by atoms with Crippen molar-refractivity contribution in [3.8, 4) is 0 Å². The maximum Gasteiger partial charge on any atom is 0.271 e. The Balaban J connectivity index is 1.62. The third-order valence-corrected chi connectivity index (χ3v) is 4.13. The van der Waals surface area contributed by atoms with Gasteiger partial charge in [0.1, 0.15) is 11.5 Å². The number of hydrogen-bond donors (Lipinski definition) is 2. The minimum Gasteiger partial charge on any atom is -0.361 e. The van der Waals surface area contributed by atoms with Crippen LogP contribution in [0.1, 0.15) is 46.4 Å². The summed E-state index contributed by atoms with van der Waals surface area (Å²) >= 11 is 0. The van der Waals surface area contributed by atoms with Gasteiger partial charge in [-0.2, -0.15) is 0 Å². The third kappa shape index (κ3) is 3.04. The third-order valence-electron chi connectivity index (χ3n) is 4.13.